The Labute approximate surface area is 204 Å². The normalized spacial score (nSPS) is 10.7. The van der Waals surface area contributed by atoms with Crippen LogP contribution in [-0.2, 0) is 24.4 Å². The summed E-state index contributed by atoms with van der Waals surface area (Å²) in [4.78, 5) is 32.3. The molecule has 8 nitrogen and oxygen atoms in total. The molecule has 180 valence electrons. The van der Waals surface area contributed by atoms with Crippen molar-refractivity contribution in [1.29, 1.82) is 0 Å². The maximum Gasteiger partial charge on any atom is 0.251 e. The fourth-order valence-corrected chi connectivity index (χ4v) is 3.88. The van der Waals surface area contributed by atoms with Gasteiger partial charge < -0.3 is 24.3 Å². The van der Waals surface area contributed by atoms with E-state index in [0.29, 0.717) is 29.4 Å². The number of hydrogen-bond donors (Lipinski definition) is 1. The highest BCUT2D eigenvalue weighted by Gasteiger charge is 2.18. The summed E-state index contributed by atoms with van der Waals surface area (Å²) < 4.78 is 12.4. The molecule has 0 saturated carbocycles. The highest BCUT2D eigenvalue weighted by molar-refractivity contribution is 5.95. The van der Waals surface area contributed by atoms with Crippen LogP contribution in [0.5, 0.6) is 11.5 Å². The number of imidazole rings is 1. The van der Waals surface area contributed by atoms with Crippen LogP contribution in [0, 0.1) is 0 Å². The highest BCUT2D eigenvalue weighted by Crippen LogP contribution is 2.27. The van der Waals surface area contributed by atoms with Gasteiger partial charge in [0.2, 0.25) is 5.91 Å². The molecule has 0 aliphatic rings. The molecule has 4 rings (SSSR count). The Kier molecular flexibility index (Phi) is 7.30. The van der Waals surface area contributed by atoms with Crippen LogP contribution in [-0.4, -0.2) is 47.5 Å². The van der Waals surface area contributed by atoms with E-state index in [1.165, 1.54) is 7.11 Å². The summed E-state index contributed by atoms with van der Waals surface area (Å²) in [5.41, 5.74) is 3.09. The monoisotopic (exact) mass is 472 g/mol. The van der Waals surface area contributed by atoms with Gasteiger partial charge in [-0.2, -0.15) is 0 Å². The van der Waals surface area contributed by atoms with E-state index in [1.54, 1.807) is 37.3 Å². The Hall–Kier alpha value is -4.33. The largest absolute Gasteiger partial charge is 0.493 e. The predicted molar refractivity (Wildman–Crippen MR) is 133 cm³/mol. The van der Waals surface area contributed by atoms with Crippen molar-refractivity contribution < 1.29 is 19.1 Å². The van der Waals surface area contributed by atoms with Gasteiger partial charge in [0, 0.05) is 19.2 Å². The Balaban J connectivity index is 1.51. The van der Waals surface area contributed by atoms with Crippen LogP contribution in [0.25, 0.3) is 11.0 Å². The Morgan fingerprint density at radius 2 is 1.66 bits per heavy atom. The number of nitrogens with one attached hydrogen (secondary N) is 1. The molecule has 3 aromatic carbocycles. The van der Waals surface area contributed by atoms with Crippen molar-refractivity contribution in [2.45, 2.75) is 19.6 Å². The minimum Gasteiger partial charge on any atom is -0.493 e. The van der Waals surface area contributed by atoms with Crippen molar-refractivity contribution in [3.8, 4) is 11.5 Å². The van der Waals surface area contributed by atoms with Gasteiger partial charge in [-0.05, 0) is 35.9 Å². The Bertz CT molecular complexity index is 1330. The molecule has 0 aliphatic heterocycles. The average Bonchev–Trinajstić information content (AvgIpc) is 3.24. The maximum absolute atomic E-state index is 13.1. The summed E-state index contributed by atoms with van der Waals surface area (Å²) in [5, 5.41) is 2.90. The van der Waals surface area contributed by atoms with Crippen molar-refractivity contribution >= 4 is 22.8 Å². The van der Waals surface area contributed by atoms with Crippen LogP contribution in [0.1, 0.15) is 21.7 Å². The molecule has 0 radical (unpaired) electrons. The molecule has 0 atom stereocenters. The molecule has 1 N–H and O–H groups in total. The topological polar surface area (TPSA) is 85.7 Å². The number of carbonyl (C=O) groups excluding carboxylic acids is 2. The van der Waals surface area contributed by atoms with E-state index in [1.807, 2.05) is 59.2 Å². The molecule has 1 heterocycles. The van der Waals surface area contributed by atoms with Gasteiger partial charge in [-0.25, -0.2) is 4.98 Å². The minimum absolute atomic E-state index is 0.0514. The van der Waals surface area contributed by atoms with Gasteiger partial charge >= 0.3 is 0 Å². The molecule has 1 aromatic heterocycles. The molecule has 8 heteroatoms. The van der Waals surface area contributed by atoms with Gasteiger partial charge in [0.15, 0.2) is 11.5 Å². The lowest BCUT2D eigenvalue weighted by molar-refractivity contribution is -0.131. The van der Waals surface area contributed by atoms with Crippen LogP contribution in [0.3, 0.4) is 0 Å². The number of likely N-dealkylation sites (N-methyl/N-ethyl adjacent to an activating group) is 1. The van der Waals surface area contributed by atoms with Gasteiger partial charge in [-0.1, -0.05) is 42.5 Å². The second-order valence-corrected chi connectivity index (χ2v) is 8.09. The zero-order valence-electron chi connectivity index (χ0n) is 20.0. The lowest BCUT2D eigenvalue weighted by Crippen LogP contribution is -2.31. The fraction of sp³-hybridized carbons (Fsp3) is 0.222. The van der Waals surface area contributed by atoms with Gasteiger partial charge in [0.1, 0.15) is 12.4 Å². The SMILES string of the molecule is COc1ccc(C(=O)NCc2nc3ccccc3n2CC(=O)N(C)Cc2ccccc2)cc1OC. The molecule has 0 fully saturated rings. The van der Waals surface area contributed by atoms with E-state index in [9.17, 15) is 9.59 Å². The summed E-state index contributed by atoms with van der Waals surface area (Å²) in [6.07, 6.45) is 0. The first-order chi connectivity index (χ1) is 17.0. The second-order valence-electron chi connectivity index (χ2n) is 8.09. The lowest BCUT2D eigenvalue weighted by Gasteiger charge is -2.19. The van der Waals surface area contributed by atoms with Crippen LogP contribution in [0.4, 0.5) is 0 Å². The van der Waals surface area contributed by atoms with Crippen LogP contribution in [0.15, 0.2) is 72.8 Å². The number of aromatic nitrogens is 2. The molecule has 0 saturated heterocycles. The van der Waals surface area contributed by atoms with Crippen molar-refractivity contribution in [1.82, 2.24) is 19.8 Å². The number of ether oxygens (including phenoxy) is 2. The van der Waals surface area contributed by atoms with Crippen LogP contribution >= 0.6 is 0 Å². The molecular weight excluding hydrogens is 444 g/mol. The van der Waals surface area contributed by atoms with Gasteiger partial charge in [-0.15, -0.1) is 0 Å². The Morgan fingerprint density at radius 3 is 2.40 bits per heavy atom. The number of carbonyl (C=O) groups is 2. The van der Waals surface area contributed by atoms with E-state index >= 15 is 0 Å². The zero-order valence-corrected chi connectivity index (χ0v) is 20.0. The second kappa shape index (κ2) is 10.7. The summed E-state index contributed by atoms with van der Waals surface area (Å²) in [5.74, 6) is 1.28. The fourth-order valence-electron chi connectivity index (χ4n) is 3.88. The average molecular weight is 473 g/mol. The number of methoxy groups -OCH3 is 2. The molecule has 0 spiro atoms. The van der Waals surface area contributed by atoms with Crippen LogP contribution < -0.4 is 14.8 Å². The molecule has 0 aliphatic carbocycles. The summed E-state index contributed by atoms with van der Waals surface area (Å²) in [7, 11) is 4.85. The summed E-state index contributed by atoms with van der Waals surface area (Å²) in [6, 6.07) is 22.4. The number of hydrogen-bond acceptors (Lipinski definition) is 5. The van der Waals surface area contributed by atoms with Gasteiger partial charge in [-0.3, -0.25) is 9.59 Å². The number of benzene rings is 3. The first-order valence-electron chi connectivity index (χ1n) is 11.2. The third kappa shape index (κ3) is 5.43. The summed E-state index contributed by atoms with van der Waals surface area (Å²) >= 11 is 0. The number of amides is 2. The molecular formula is C27H28N4O4. The molecule has 35 heavy (non-hydrogen) atoms. The summed E-state index contributed by atoms with van der Waals surface area (Å²) in [6.45, 7) is 0.792. The zero-order chi connectivity index (χ0) is 24.8. The molecule has 0 unspecified atom stereocenters. The number of rotatable bonds is 9. The first-order valence-corrected chi connectivity index (χ1v) is 11.2. The Morgan fingerprint density at radius 1 is 0.943 bits per heavy atom. The van der Waals surface area contributed by atoms with E-state index in [-0.39, 0.29) is 24.9 Å². The van der Waals surface area contributed by atoms with Crippen molar-refractivity contribution in [3.63, 3.8) is 0 Å². The van der Waals surface area contributed by atoms with Gasteiger partial charge in [0.05, 0.1) is 31.8 Å². The highest BCUT2D eigenvalue weighted by atomic mass is 16.5. The van der Waals surface area contributed by atoms with Crippen LogP contribution in [0.2, 0.25) is 0 Å². The van der Waals surface area contributed by atoms with E-state index < -0.39 is 0 Å². The van der Waals surface area contributed by atoms with E-state index in [0.717, 1.165) is 16.6 Å². The smallest absolute Gasteiger partial charge is 0.251 e. The number of para-hydroxylation sites is 2. The lowest BCUT2D eigenvalue weighted by atomic mass is 10.2. The van der Waals surface area contributed by atoms with Crippen molar-refractivity contribution in [2.24, 2.45) is 0 Å². The standard InChI is InChI=1S/C27H28N4O4/c1-30(17-19-9-5-4-6-10-19)26(32)18-31-22-12-8-7-11-21(22)29-25(31)16-28-27(33)20-13-14-23(34-2)24(15-20)35-3/h4-15H,16-18H2,1-3H3,(H,28,33). The molecule has 0 bridgehead atoms. The van der Waals surface area contributed by atoms with E-state index in [4.69, 9.17) is 9.47 Å². The third-order valence-corrected chi connectivity index (χ3v) is 5.77. The maximum atomic E-state index is 13.1. The minimum atomic E-state index is -0.280. The van der Waals surface area contributed by atoms with E-state index in [2.05, 4.69) is 10.3 Å². The number of nitrogens with zero attached hydrogens (tertiary/aromatic N) is 3. The van der Waals surface area contributed by atoms with Crippen molar-refractivity contribution in [3.05, 3.63) is 89.7 Å². The molecule has 4 aromatic rings. The molecule has 2 amide bonds. The quantitative estimate of drug-likeness (QED) is 0.402. The number of fused-ring (bicyclic) bond motifs is 1. The van der Waals surface area contributed by atoms with Gasteiger partial charge in [0.25, 0.3) is 5.91 Å². The predicted octanol–water partition coefficient (Wildman–Crippen LogP) is 3.64. The van der Waals surface area contributed by atoms with Crippen molar-refractivity contribution in [2.75, 3.05) is 21.3 Å². The first kappa shape index (κ1) is 23.8. The third-order valence-electron chi connectivity index (χ3n) is 5.77.